The van der Waals surface area contributed by atoms with Gasteiger partial charge < -0.3 is 14.8 Å². The fourth-order valence-electron chi connectivity index (χ4n) is 2.33. The number of para-hydroxylation sites is 2. The molecule has 1 aliphatic rings. The van der Waals surface area contributed by atoms with Crippen LogP contribution in [0.5, 0.6) is 11.5 Å². The molecule has 2 aromatic rings. The predicted octanol–water partition coefficient (Wildman–Crippen LogP) is 2.41. The first-order valence-electron chi connectivity index (χ1n) is 8.00. The summed E-state index contributed by atoms with van der Waals surface area (Å²) in [5, 5.41) is 3.29. The smallest absolute Gasteiger partial charge is 0.283 e. The van der Waals surface area contributed by atoms with Crippen LogP contribution in [0, 0.1) is 0 Å². The highest BCUT2D eigenvalue weighted by atomic mass is 32.1. The van der Waals surface area contributed by atoms with E-state index in [4.69, 9.17) is 21.7 Å². The van der Waals surface area contributed by atoms with Gasteiger partial charge in [0.1, 0.15) is 6.61 Å². The number of amides is 1. The van der Waals surface area contributed by atoms with Crippen LogP contribution in [0.4, 0.5) is 5.69 Å². The number of rotatable bonds is 3. The van der Waals surface area contributed by atoms with Crippen molar-refractivity contribution >= 4 is 28.9 Å². The van der Waals surface area contributed by atoms with Crippen molar-refractivity contribution in [1.29, 1.82) is 0 Å². The number of aryl methyl sites for hydroxylation is 1. The first-order chi connectivity index (χ1) is 12.2. The Morgan fingerprint density at radius 3 is 2.56 bits per heavy atom. The van der Waals surface area contributed by atoms with E-state index in [1.807, 2.05) is 36.4 Å². The second-order valence-corrected chi connectivity index (χ2v) is 5.89. The number of fused-ring (bicyclic) bond motifs is 1. The standard InChI is InChI=1S/C18H19N3O3S/c1-2-12-7-9-13(10-8-12)19-18(25)21-20-17(22)16-11-23-14-5-3-4-6-15(14)24-16/h3-10,16H,2,11H2,1H3,(H,20,22)(H2,19,21,25). The van der Waals surface area contributed by atoms with Gasteiger partial charge in [-0.05, 0) is 48.5 Å². The fraction of sp³-hybridized carbons (Fsp3) is 0.222. The van der Waals surface area contributed by atoms with Gasteiger partial charge in [0.15, 0.2) is 16.6 Å². The Hall–Kier alpha value is -2.80. The molecule has 0 saturated heterocycles. The summed E-state index contributed by atoms with van der Waals surface area (Å²) in [5.74, 6) is 0.817. The third kappa shape index (κ3) is 4.39. The predicted molar refractivity (Wildman–Crippen MR) is 99.7 cm³/mol. The second kappa shape index (κ2) is 7.85. The summed E-state index contributed by atoms with van der Waals surface area (Å²) in [4.78, 5) is 12.2. The van der Waals surface area contributed by atoms with Crippen LogP contribution >= 0.6 is 12.2 Å². The Balaban J connectivity index is 1.48. The van der Waals surface area contributed by atoms with E-state index >= 15 is 0 Å². The van der Waals surface area contributed by atoms with Gasteiger partial charge in [0.05, 0.1) is 0 Å². The third-order valence-electron chi connectivity index (χ3n) is 3.72. The van der Waals surface area contributed by atoms with Crippen molar-refractivity contribution in [3.63, 3.8) is 0 Å². The highest BCUT2D eigenvalue weighted by Gasteiger charge is 2.27. The average Bonchev–Trinajstić information content (AvgIpc) is 2.66. The summed E-state index contributed by atoms with van der Waals surface area (Å²) in [6.45, 7) is 2.24. The summed E-state index contributed by atoms with van der Waals surface area (Å²) < 4.78 is 11.1. The second-order valence-electron chi connectivity index (χ2n) is 5.48. The number of ether oxygens (including phenoxy) is 2. The van der Waals surface area contributed by atoms with Gasteiger partial charge in [0, 0.05) is 5.69 Å². The van der Waals surface area contributed by atoms with E-state index in [9.17, 15) is 4.79 Å². The van der Waals surface area contributed by atoms with E-state index in [-0.39, 0.29) is 17.6 Å². The first-order valence-corrected chi connectivity index (χ1v) is 8.41. The number of hydrazine groups is 1. The molecule has 1 heterocycles. The van der Waals surface area contributed by atoms with Gasteiger partial charge in [-0.25, -0.2) is 0 Å². The molecule has 130 valence electrons. The molecular formula is C18H19N3O3S. The van der Waals surface area contributed by atoms with Gasteiger partial charge in [0.25, 0.3) is 5.91 Å². The van der Waals surface area contributed by atoms with Gasteiger partial charge >= 0.3 is 0 Å². The van der Waals surface area contributed by atoms with E-state index in [0.29, 0.717) is 11.5 Å². The molecule has 2 aromatic carbocycles. The number of benzene rings is 2. The number of carbonyl (C=O) groups is 1. The minimum Gasteiger partial charge on any atom is -0.485 e. The molecule has 1 amide bonds. The van der Waals surface area contributed by atoms with Crippen molar-refractivity contribution in [1.82, 2.24) is 10.9 Å². The van der Waals surface area contributed by atoms with Crippen LogP contribution in [0.2, 0.25) is 0 Å². The normalized spacial score (nSPS) is 15.2. The molecule has 3 N–H and O–H groups in total. The molecule has 3 rings (SSSR count). The number of carbonyl (C=O) groups excluding carboxylic acids is 1. The number of thiocarbonyl (C=S) groups is 1. The molecule has 1 aliphatic heterocycles. The Kier molecular flexibility index (Phi) is 5.35. The van der Waals surface area contributed by atoms with E-state index in [1.54, 1.807) is 12.1 Å². The molecule has 0 radical (unpaired) electrons. The quantitative estimate of drug-likeness (QED) is 0.579. The Bertz CT molecular complexity index is 764. The maximum atomic E-state index is 12.2. The minimum atomic E-state index is -0.742. The van der Waals surface area contributed by atoms with Crippen LogP contribution in [0.1, 0.15) is 12.5 Å². The maximum Gasteiger partial charge on any atom is 0.283 e. The van der Waals surface area contributed by atoms with Crippen molar-refractivity contribution in [2.24, 2.45) is 0 Å². The van der Waals surface area contributed by atoms with Crippen LogP contribution in [0.15, 0.2) is 48.5 Å². The van der Waals surface area contributed by atoms with Crippen LogP contribution < -0.4 is 25.6 Å². The highest BCUT2D eigenvalue weighted by molar-refractivity contribution is 7.80. The fourth-order valence-corrected chi connectivity index (χ4v) is 2.50. The largest absolute Gasteiger partial charge is 0.485 e. The van der Waals surface area contributed by atoms with E-state index in [2.05, 4.69) is 23.1 Å². The number of anilines is 1. The summed E-state index contributed by atoms with van der Waals surface area (Å²) in [7, 11) is 0. The molecule has 7 heteroatoms. The maximum absolute atomic E-state index is 12.2. The Morgan fingerprint density at radius 2 is 1.84 bits per heavy atom. The van der Waals surface area contributed by atoms with Crippen LogP contribution in [-0.4, -0.2) is 23.7 Å². The topological polar surface area (TPSA) is 71.6 Å². The molecule has 0 saturated carbocycles. The molecular weight excluding hydrogens is 338 g/mol. The lowest BCUT2D eigenvalue weighted by Crippen LogP contribution is -2.51. The lowest BCUT2D eigenvalue weighted by Gasteiger charge is -2.25. The minimum absolute atomic E-state index is 0.142. The summed E-state index contributed by atoms with van der Waals surface area (Å²) in [5.41, 5.74) is 7.28. The molecule has 0 bridgehead atoms. The van der Waals surface area contributed by atoms with E-state index < -0.39 is 6.10 Å². The Morgan fingerprint density at radius 1 is 1.12 bits per heavy atom. The molecule has 1 unspecified atom stereocenters. The number of nitrogens with one attached hydrogen (secondary N) is 3. The summed E-state index contributed by atoms with van der Waals surface area (Å²) in [6, 6.07) is 15.1. The Labute approximate surface area is 151 Å². The van der Waals surface area contributed by atoms with Crippen LogP contribution in [0.3, 0.4) is 0 Å². The summed E-state index contributed by atoms with van der Waals surface area (Å²) >= 11 is 5.17. The van der Waals surface area contributed by atoms with E-state index in [0.717, 1.165) is 12.1 Å². The first kappa shape index (κ1) is 17.0. The lowest BCUT2D eigenvalue weighted by atomic mass is 10.1. The molecule has 0 spiro atoms. The molecule has 25 heavy (non-hydrogen) atoms. The van der Waals surface area contributed by atoms with Crippen molar-refractivity contribution in [2.45, 2.75) is 19.4 Å². The molecule has 0 aromatic heterocycles. The number of hydrogen-bond acceptors (Lipinski definition) is 4. The van der Waals surface area contributed by atoms with Crippen molar-refractivity contribution in [2.75, 3.05) is 11.9 Å². The molecule has 0 fully saturated rings. The van der Waals surface area contributed by atoms with E-state index in [1.165, 1.54) is 5.56 Å². The van der Waals surface area contributed by atoms with Crippen molar-refractivity contribution < 1.29 is 14.3 Å². The monoisotopic (exact) mass is 357 g/mol. The van der Waals surface area contributed by atoms with Gasteiger partial charge in [-0.1, -0.05) is 31.2 Å². The zero-order valence-electron chi connectivity index (χ0n) is 13.7. The van der Waals surface area contributed by atoms with Gasteiger partial charge in [0.2, 0.25) is 6.10 Å². The molecule has 0 aliphatic carbocycles. The van der Waals surface area contributed by atoms with Crippen LogP contribution in [0.25, 0.3) is 0 Å². The molecule has 6 nitrogen and oxygen atoms in total. The zero-order chi connectivity index (χ0) is 17.6. The molecule has 1 atom stereocenters. The lowest BCUT2D eigenvalue weighted by molar-refractivity contribution is -0.130. The third-order valence-corrected chi connectivity index (χ3v) is 3.92. The van der Waals surface area contributed by atoms with Crippen molar-refractivity contribution in [3.8, 4) is 11.5 Å². The van der Waals surface area contributed by atoms with Gasteiger partial charge in [-0.15, -0.1) is 0 Å². The zero-order valence-corrected chi connectivity index (χ0v) is 14.6. The van der Waals surface area contributed by atoms with Gasteiger partial charge in [-0.2, -0.15) is 0 Å². The SMILES string of the molecule is CCc1ccc(NC(=S)NNC(=O)C2COc3ccccc3O2)cc1. The number of hydrogen-bond donors (Lipinski definition) is 3. The van der Waals surface area contributed by atoms with Gasteiger partial charge in [-0.3, -0.25) is 15.6 Å². The van der Waals surface area contributed by atoms with Crippen LogP contribution in [-0.2, 0) is 11.2 Å². The average molecular weight is 357 g/mol. The summed E-state index contributed by atoms with van der Waals surface area (Å²) in [6.07, 6.45) is 0.236. The van der Waals surface area contributed by atoms with Crippen molar-refractivity contribution in [3.05, 3.63) is 54.1 Å². The highest BCUT2D eigenvalue weighted by Crippen LogP contribution is 2.30.